The number of carbonyl (C=O) groups excluding carboxylic acids is 2. The third kappa shape index (κ3) is 17.9. The molecule has 0 saturated carbocycles. The molecule has 2 rings (SSSR count). The van der Waals surface area contributed by atoms with Gasteiger partial charge < -0.3 is 76.8 Å². The summed E-state index contributed by atoms with van der Waals surface area (Å²) in [5.41, 5.74) is 1.13. The SMILES string of the molecule is CN1CCN(C(CCCCNC(=O)[C@H](O)[C@@H](O)[C@H](O)[C@H](O)CO)C(=O)O)Cc2cccc(n2)CN(C(CCCCNC(=O)[C@H](O)[C@@H](O)[C@H](O)[C@H](O)CO)C(=O)O)CC1.[Mn]. The van der Waals surface area contributed by atoms with E-state index in [1.165, 1.54) is 0 Å². The van der Waals surface area contributed by atoms with Crippen molar-refractivity contribution in [3.05, 3.63) is 29.6 Å². The fraction of sp³-hybridized carbons (Fsp3) is 0.750. The zero-order valence-corrected chi connectivity index (χ0v) is 34.2. The zero-order chi connectivity index (χ0) is 43.5. The van der Waals surface area contributed by atoms with Crippen molar-refractivity contribution in [2.45, 2.75) is 113 Å². The van der Waals surface area contributed by atoms with Gasteiger partial charge in [-0.2, -0.15) is 0 Å². The predicted molar refractivity (Wildman–Crippen MR) is 201 cm³/mol. The number of nitrogens with zero attached hydrogens (tertiary/aromatic N) is 4. The molecule has 23 heteroatoms. The van der Waals surface area contributed by atoms with Crippen molar-refractivity contribution in [2.75, 3.05) is 59.5 Å². The summed E-state index contributed by atoms with van der Waals surface area (Å²) in [6.07, 6.45) is -14.0. The van der Waals surface area contributed by atoms with Crippen molar-refractivity contribution >= 4 is 23.8 Å². The number of fused-ring (bicyclic) bond motifs is 2. The van der Waals surface area contributed by atoms with Crippen LogP contribution < -0.4 is 10.6 Å². The molecule has 0 spiro atoms. The largest absolute Gasteiger partial charge is 0.480 e. The topological polar surface area (TPSA) is 358 Å². The fourth-order valence-corrected chi connectivity index (χ4v) is 6.36. The monoisotopic (exact) mass is 889 g/mol. The molecule has 0 aromatic carbocycles. The maximum Gasteiger partial charge on any atom is 0.320 e. The van der Waals surface area contributed by atoms with Gasteiger partial charge in [-0.1, -0.05) is 6.07 Å². The molecule has 2 amide bonds. The molecule has 59 heavy (non-hydrogen) atoms. The number of amides is 2. The van der Waals surface area contributed by atoms with Crippen molar-refractivity contribution in [3.8, 4) is 0 Å². The molecule has 0 saturated heterocycles. The Labute approximate surface area is 352 Å². The average Bonchev–Trinajstić information content (AvgIpc) is 3.20. The van der Waals surface area contributed by atoms with Crippen molar-refractivity contribution in [1.82, 2.24) is 30.3 Å². The quantitative estimate of drug-likeness (QED) is 0.0339. The number of carboxylic acids is 2. The predicted octanol–water partition coefficient (Wildman–Crippen LogP) is -6.02. The van der Waals surface area contributed by atoms with Crippen LogP contribution in [0.25, 0.3) is 0 Å². The summed E-state index contributed by atoms with van der Waals surface area (Å²) in [6, 6.07) is 3.38. The van der Waals surface area contributed by atoms with Crippen LogP contribution in [0.4, 0.5) is 0 Å². The molecule has 14 N–H and O–H groups in total. The van der Waals surface area contributed by atoms with Crippen molar-refractivity contribution in [1.29, 1.82) is 0 Å². The first kappa shape index (κ1) is 54.0. The van der Waals surface area contributed by atoms with Crippen LogP contribution in [-0.2, 0) is 49.3 Å². The molecule has 0 aliphatic carbocycles. The minimum Gasteiger partial charge on any atom is -0.480 e. The summed E-state index contributed by atoms with van der Waals surface area (Å²) >= 11 is 0. The molecule has 1 aromatic rings. The smallest absolute Gasteiger partial charge is 0.320 e. The van der Waals surface area contributed by atoms with E-state index in [4.69, 9.17) is 15.2 Å². The maximum absolute atomic E-state index is 12.5. The van der Waals surface area contributed by atoms with Gasteiger partial charge in [0.25, 0.3) is 11.8 Å². The summed E-state index contributed by atoms with van der Waals surface area (Å²) < 4.78 is 0. The van der Waals surface area contributed by atoms with E-state index >= 15 is 0 Å². The number of aliphatic hydroxyl groups excluding tert-OH is 10. The third-order valence-electron chi connectivity index (χ3n) is 10.0. The van der Waals surface area contributed by atoms with Crippen LogP contribution in [0.15, 0.2) is 18.2 Å². The van der Waals surface area contributed by atoms with E-state index in [0.717, 1.165) is 0 Å². The average molecular weight is 890 g/mol. The maximum atomic E-state index is 12.5. The second-order valence-corrected chi connectivity index (χ2v) is 14.5. The number of aromatic nitrogens is 1. The Kier molecular flexibility index (Phi) is 25.5. The van der Waals surface area contributed by atoms with Gasteiger partial charge in [0.15, 0.2) is 12.2 Å². The van der Waals surface area contributed by atoms with Crippen molar-refractivity contribution < 1.29 is 97.5 Å². The molecule has 22 nitrogen and oxygen atoms in total. The molecule has 0 fully saturated rings. The van der Waals surface area contributed by atoms with Crippen LogP contribution in [-0.4, -0.2) is 225 Å². The number of pyridine rings is 1. The van der Waals surface area contributed by atoms with Gasteiger partial charge in [-0.05, 0) is 57.7 Å². The third-order valence-corrected chi connectivity index (χ3v) is 10.0. The number of carbonyl (C=O) groups is 4. The molecule has 2 unspecified atom stereocenters. The van der Waals surface area contributed by atoms with E-state index in [9.17, 15) is 70.2 Å². The summed E-state index contributed by atoms with van der Waals surface area (Å²) in [5.74, 6) is -4.17. The number of aliphatic hydroxyl groups is 10. The normalized spacial score (nSPS) is 19.8. The van der Waals surface area contributed by atoms with Gasteiger partial charge in [-0.15, -0.1) is 0 Å². The van der Waals surface area contributed by atoms with E-state index in [2.05, 4.69) is 10.6 Å². The molecule has 10 atom stereocenters. The van der Waals surface area contributed by atoms with Crippen LogP contribution in [0.3, 0.4) is 0 Å². The van der Waals surface area contributed by atoms with E-state index in [1.807, 2.05) is 11.9 Å². The fourth-order valence-electron chi connectivity index (χ4n) is 6.36. The Hall–Kier alpha value is -2.97. The van der Waals surface area contributed by atoms with Gasteiger partial charge in [0.2, 0.25) is 0 Å². The number of likely N-dealkylation sites (N-methyl/N-ethyl adjacent to an activating group) is 1. The number of nitrogens with one attached hydrogen (secondary N) is 2. The molecule has 1 aliphatic rings. The number of hydrogen-bond acceptors (Lipinski definition) is 18. The minimum absolute atomic E-state index is 0. The molecule has 1 aliphatic heterocycles. The second-order valence-electron chi connectivity index (χ2n) is 14.5. The second kappa shape index (κ2) is 27.8. The molecule has 1 aromatic heterocycles. The first-order chi connectivity index (χ1) is 27.4. The van der Waals surface area contributed by atoms with E-state index in [1.54, 1.807) is 28.0 Å². The van der Waals surface area contributed by atoms with Gasteiger partial charge in [0, 0.05) is 69.4 Å². The Bertz CT molecular complexity index is 1330. The summed E-state index contributed by atoms with van der Waals surface area (Å²) in [6.45, 7) is 0.0833. The van der Waals surface area contributed by atoms with Crippen LogP contribution in [0.5, 0.6) is 0 Å². The van der Waals surface area contributed by atoms with E-state index in [0.29, 0.717) is 63.3 Å². The summed E-state index contributed by atoms with van der Waals surface area (Å²) in [4.78, 5) is 59.8. The van der Waals surface area contributed by atoms with Gasteiger partial charge in [-0.25, -0.2) is 0 Å². The number of aliphatic carboxylic acids is 2. The van der Waals surface area contributed by atoms with Gasteiger partial charge in [0.05, 0.1) is 24.6 Å². The number of unbranched alkanes of at least 4 members (excludes halogenated alkanes) is 2. The molecular weight excluding hydrogens is 827 g/mol. The van der Waals surface area contributed by atoms with Gasteiger partial charge >= 0.3 is 11.9 Å². The van der Waals surface area contributed by atoms with Gasteiger partial charge in [-0.3, -0.25) is 34.0 Å². The molecular formula is C36H62MnN6O16. The molecule has 1 radical (unpaired) electrons. The molecule has 2 bridgehead atoms. The van der Waals surface area contributed by atoms with Crippen LogP contribution in [0, 0.1) is 0 Å². The van der Waals surface area contributed by atoms with Gasteiger partial charge in [0.1, 0.15) is 48.7 Å². The standard InChI is InChI=1S/C36H62N6O16.Mn/c1-40-13-15-41(23(35(55)56)9-2-4-11-37-33(53)31(51)29(49)27(47)25(45)19-43)17-21-7-6-8-22(39-21)18-42(16-14-40)24(36(57)58)10-3-5-12-38-34(54)32(52)30(50)28(48)26(46)20-44;/h6-8,23-32,43-52H,2-5,9-20H2,1H3,(H,37,53)(H,38,54)(H,55,56)(H,57,58);/t23?,24?,25-,26-,27-,28-,29+,30+,31-,32-;/m1./s1. The summed E-state index contributed by atoms with van der Waals surface area (Å²) in [5, 5.41) is 121. The Morgan fingerprint density at radius 1 is 0.627 bits per heavy atom. The number of rotatable bonds is 24. The van der Waals surface area contributed by atoms with Crippen LogP contribution >= 0.6 is 0 Å². The first-order valence-electron chi connectivity index (χ1n) is 19.2. The summed E-state index contributed by atoms with van der Waals surface area (Å²) in [7, 11) is 1.83. The van der Waals surface area contributed by atoms with Crippen LogP contribution in [0.2, 0.25) is 0 Å². The van der Waals surface area contributed by atoms with E-state index < -0.39 is 97.9 Å². The van der Waals surface area contributed by atoms with Crippen molar-refractivity contribution in [2.24, 2.45) is 0 Å². The minimum atomic E-state index is -2.08. The Balaban J connectivity index is 0.0000174. The molecule has 2 heterocycles. The Morgan fingerprint density at radius 3 is 1.34 bits per heavy atom. The van der Waals surface area contributed by atoms with Crippen LogP contribution in [0.1, 0.15) is 49.9 Å². The Morgan fingerprint density at radius 2 is 1.00 bits per heavy atom. The number of carboxylic acid groups (broad SMARTS) is 2. The first-order valence-corrected chi connectivity index (χ1v) is 19.2. The zero-order valence-electron chi connectivity index (χ0n) is 33.0. The number of hydrogen-bond donors (Lipinski definition) is 14. The van der Waals surface area contributed by atoms with E-state index in [-0.39, 0.29) is 56.1 Å². The van der Waals surface area contributed by atoms with Crippen molar-refractivity contribution in [3.63, 3.8) is 0 Å². The molecule has 339 valence electrons.